The number of imidazole rings is 1. The highest BCUT2D eigenvalue weighted by Crippen LogP contribution is 2.36. The van der Waals surface area contributed by atoms with Gasteiger partial charge in [0, 0.05) is 26.3 Å². The molecule has 26 heavy (non-hydrogen) atoms. The highest BCUT2D eigenvalue weighted by Gasteiger charge is 2.51. The lowest BCUT2D eigenvalue weighted by Gasteiger charge is -2.32. The lowest BCUT2D eigenvalue weighted by molar-refractivity contribution is 0.00578. The van der Waals surface area contributed by atoms with Gasteiger partial charge >= 0.3 is 7.12 Å². The van der Waals surface area contributed by atoms with Gasteiger partial charge in [-0.25, -0.2) is 9.97 Å². The first-order valence-electron chi connectivity index (χ1n) is 9.23. The Bertz CT molecular complexity index is 770. The van der Waals surface area contributed by atoms with Crippen molar-refractivity contribution < 1.29 is 14.0 Å². The van der Waals surface area contributed by atoms with Crippen LogP contribution in [0.3, 0.4) is 0 Å². The van der Waals surface area contributed by atoms with Crippen molar-refractivity contribution in [1.29, 1.82) is 0 Å². The van der Waals surface area contributed by atoms with Gasteiger partial charge in [0.25, 0.3) is 0 Å². The Morgan fingerprint density at radius 2 is 1.77 bits per heavy atom. The van der Waals surface area contributed by atoms with Gasteiger partial charge in [0.05, 0.1) is 17.5 Å². The molecule has 0 saturated carbocycles. The first kappa shape index (κ1) is 19.5. The quantitative estimate of drug-likeness (QED) is 0.574. The number of hydrogen-bond acceptors (Lipinski definition) is 5. The number of nitrogens with zero attached hydrogens (tertiary/aromatic N) is 3. The minimum absolute atomic E-state index is 0.365. The van der Waals surface area contributed by atoms with E-state index in [1.807, 2.05) is 44.5 Å². The second-order valence-electron chi connectivity index (χ2n) is 9.26. The van der Waals surface area contributed by atoms with Crippen molar-refractivity contribution >= 4 is 31.8 Å². The Balaban J connectivity index is 1.70. The van der Waals surface area contributed by atoms with Crippen LogP contribution >= 0.6 is 0 Å². The predicted octanol–water partition coefficient (Wildman–Crippen LogP) is 3.04. The molecule has 3 heterocycles. The number of pyridine rings is 1. The second kappa shape index (κ2) is 6.74. The average Bonchev–Trinajstić information content (AvgIpc) is 3.00. The first-order chi connectivity index (χ1) is 12.0. The van der Waals surface area contributed by atoms with E-state index >= 15 is 0 Å². The third kappa shape index (κ3) is 4.03. The smallest absolute Gasteiger partial charge is 0.399 e. The summed E-state index contributed by atoms with van der Waals surface area (Å²) in [4.78, 5) is 9.05. The van der Waals surface area contributed by atoms with Gasteiger partial charge in [0.1, 0.15) is 12.2 Å². The number of fused-ring (bicyclic) bond motifs is 1. The van der Waals surface area contributed by atoms with E-state index in [1.165, 1.54) is 0 Å². The summed E-state index contributed by atoms with van der Waals surface area (Å²) in [6.45, 7) is 16.5. The Kier molecular flexibility index (Phi) is 5.07. The van der Waals surface area contributed by atoms with Crippen LogP contribution in [0.2, 0.25) is 25.7 Å². The predicted molar refractivity (Wildman–Crippen MR) is 107 cm³/mol. The lowest BCUT2D eigenvalue weighted by atomic mass is 9.80. The molecule has 0 N–H and O–H groups in total. The van der Waals surface area contributed by atoms with Crippen LogP contribution in [-0.4, -0.2) is 47.5 Å². The van der Waals surface area contributed by atoms with Crippen LogP contribution in [0.5, 0.6) is 0 Å². The van der Waals surface area contributed by atoms with Crippen molar-refractivity contribution in [3.8, 4) is 0 Å². The third-order valence-electron chi connectivity index (χ3n) is 5.23. The summed E-state index contributed by atoms with van der Waals surface area (Å²) >= 11 is 0. The number of rotatable bonds is 6. The fourth-order valence-corrected chi connectivity index (χ4v) is 3.46. The minimum atomic E-state index is -1.07. The van der Waals surface area contributed by atoms with Gasteiger partial charge in [0.15, 0.2) is 5.65 Å². The molecule has 0 radical (unpaired) electrons. The molecule has 0 aliphatic carbocycles. The van der Waals surface area contributed by atoms with Crippen molar-refractivity contribution in [3.05, 3.63) is 18.6 Å². The first-order valence-corrected chi connectivity index (χ1v) is 12.9. The SMILES string of the molecule is CC1(C)OB(c2cnc3c(c2)ncn3COCC[Si](C)(C)C)OC1(C)C. The van der Waals surface area contributed by atoms with E-state index in [1.54, 1.807) is 6.33 Å². The minimum Gasteiger partial charge on any atom is -0.399 e. The molecular weight excluding hydrogens is 345 g/mol. The van der Waals surface area contributed by atoms with E-state index in [0.29, 0.717) is 6.73 Å². The molecule has 0 atom stereocenters. The zero-order valence-corrected chi connectivity index (χ0v) is 18.0. The molecule has 0 unspecified atom stereocenters. The fraction of sp³-hybridized carbons (Fsp3) is 0.667. The molecule has 0 aromatic carbocycles. The summed E-state index contributed by atoms with van der Waals surface area (Å²) in [5.74, 6) is 0. The van der Waals surface area contributed by atoms with Crippen LogP contribution in [0.25, 0.3) is 11.2 Å². The van der Waals surface area contributed by atoms with Crippen LogP contribution in [0.1, 0.15) is 27.7 Å². The van der Waals surface area contributed by atoms with Crippen LogP contribution < -0.4 is 5.46 Å². The monoisotopic (exact) mass is 375 g/mol. The standard InChI is InChI=1S/C18H30BN3O3Si/c1-17(2)18(3,4)25-19(24-17)14-10-15-16(20-11-14)22(12-21-15)13-23-8-9-26(5,6)7/h10-12H,8-9,13H2,1-7H3. The normalized spacial score (nSPS) is 19.4. The molecule has 1 aliphatic rings. The molecule has 142 valence electrons. The number of ether oxygens (including phenoxy) is 1. The Hall–Kier alpha value is -1.22. The molecule has 1 fully saturated rings. The Labute approximate surface area is 157 Å². The topological polar surface area (TPSA) is 58.4 Å². The molecule has 0 bridgehead atoms. The molecule has 2 aromatic rings. The molecule has 0 spiro atoms. The van der Waals surface area contributed by atoms with E-state index in [9.17, 15) is 0 Å². The molecule has 6 nitrogen and oxygen atoms in total. The molecule has 1 aliphatic heterocycles. The van der Waals surface area contributed by atoms with Crippen molar-refractivity contribution in [2.45, 2.75) is 71.3 Å². The number of hydrogen-bond donors (Lipinski definition) is 0. The van der Waals surface area contributed by atoms with Crippen molar-refractivity contribution in [3.63, 3.8) is 0 Å². The lowest BCUT2D eigenvalue weighted by Crippen LogP contribution is -2.41. The molecule has 1 saturated heterocycles. The fourth-order valence-electron chi connectivity index (χ4n) is 2.71. The molecular formula is C18H30BN3O3Si. The molecule has 3 rings (SSSR count). The highest BCUT2D eigenvalue weighted by molar-refractivity contribution is 6.76. The highest BCUT2D eigenvalue weighted by atomic mass is 28.3. The van der Waals surface area contributed by atoms with E-state index < -0.39 is 15.2 Å². The zero-order valence-electron chi connectivity index (χ0n) is 17.0. The molecule has 0 amide bonds. The summed E-state index contributed by atoms with van der Waals surface area (Å²) in [6.07, 6.45) is 3.59. The van der Waals surface area contributed by atoms with Crippen LogP contribution in [-0.2, 0) is 20.8 Å². The molecule has 2 aromatic heterocycles. The van der Waals surface area contributed by atoms with E-state index in [0.717, 1.165) is 29.3 Å². The van der Waals surface area contributed by atoms with Crippen LogP contribution in [0, 0.1) is 0 Å². The van der Waals surface area contributed by atoms with Gasteiger partial charge in [-0.05, 0) is 39.8 Å². The maximum absolute atomic E-state index is 6.10. The summed E-state index contributed by atoms with van der Waals surface area (Å²) in [7, 11) is -1.49. The third-order valence-corrected chi connectivity index (χ3v) is 6.93. The van der Waals surface area contributed by atoms with Gasteiger partial charge in [0.2, 0.25) is 0 Å². The van der Waals surface area contributed by atoms with Crippen LogP contribution in [0.4, 0.5) is 0 Å². The zero-order chi connectivity index (χ0) is 19.2. The van der Waals surface area contributed by atoms with Gasteiger partial charge in [-0.2, -0.15) is 0 Å². The summed E-state index contributed by atoms with van der Waals surface area (Å²) in [5.41, 5.74) is 1.80. The average molecular weight is 375 g/mol. The van der Waals surface area contributed by atoms with Crippen molar-refractivity contribution in [2.24, 2.45) is 0 Å². The maximum Gasteiger partial charge on any atom is 0.496 e. The summed E-state index contributed by atoms with van der Waals surface area (Å²) < 4.78 is 20.0. The van der Waals surface area contributed by atoms with E-state index in [4.69, 9.17) is 14.0 Å². The van der Waals surface area contributed by atoms with Crippen molar-refractivity contribution in [1.82, 2.24) is 14.5 Å². The Morgan fingerprint density at radius 1 is 1.12 bits per heavy atom. The van der Waals surface area contributed by atoms with Crippen molar-refractivity contribution in [2.75, 3.05) is 6.61 Å². The Morgan fingerprint density at radius 3 is 2.38 bits per heavy atom. The van der Waals surface area contributed by atoms with E-state index in [2.05, 4.69) is 29.6 Å². The van der Waals surface area contributed by atoms with Gasteiger partial charge in [-0.1, -0.05) is 19.6 Å². The molecule has 8 heteroatoms. The van der Waals surface area contributed by atoms with E-state index in [-0.39, 0.29) is 11.2 Å². The van der Waals surface area contributed by atoms with Gasteiger partial charge in [-0.15, -0.1) is 0 Å². The van der Waals surface area contributed by atoms with Gasteiger partial charge in [-0.3, -0.25) is 4.57 Å². The number of aromatic nitrogens is 3. The second-order valence-corrected chi connectivity index (χ2v) is 14.9. The summed E-state index contributed by atoms with van der Waals surface area (Å²) in [5, 5.41) is 0. The van der Waals surface area contributed by atoms with Crippen LogP contribution in [0.15, 0.2) is 18.6 Å². The summed E-state index contributed by atoms with van der Waals surface area (Å²) in [6, 6.07) is 3.14. The largest absolute Gasteiger partial charge is 0.496 e. The maximum atomic E-state index is 6.10. The van der Waals surface area contributed by atoms with Gasteiger partial charge < -0.3 is 14.0 Å².